The van der Waals surface area contributed by atoms with Gasteiger partial charge in [-0.1, -0.05) is 0 Å². The quantitative estimate of drug-likeness (QED) is 0.475. The molecule has 0 heterocycles. The lowest BCUT2D eigenvalue weighted by Gasteiger charge is -2.21. The number of rotatable bonds is 0. The Morgan fingerprint density at radius 1 is 0.500 bits per heavy atom. The first-order valence-corrected chi connectivity index (χ1v) is 2.01. The molecule has 9 heteroatoms. The van der Waals surface area contributed by atoms with Gasteiger partial charge in [-0.25, -0.2) is 0 Å². The van der Waals surface area contributed by atoms with Crippen LogP contribution >= 0.6 is 24.0 Å². The Kier molecular flexibility index (Phi) is 4.28. The monoisotopic (exact) mass is 316 g/mol. The average Bonchev–Trinajstić information content (AvgIpc) is 1.58. The lowest BCUT2D eigenvalue weighted by Crippen LogP contribution is -2.49. The predicted molar refractivity (Wildman–Crippen MR) is 32.5 cm³/mol. The van der Waals surface area contributed by atoms with Gasteiger partial charge < -0.3 is 0 Å². The molecule has 0 nitrogen and oxygen atoms in total. The maximum atomic E-state index is 11.2. The fourth-order valence-electron chi connectivity index (χ4n) is 0.161. The van der Waals surface area contributed by atoms with Gasteiger partial charge in [0.2, 0.25) is 0 Å². The van der Waals surface area contributed by atoms with E-state index in [9.17, 15) is 35.1 Å². The highest BCUT2D eigenvalue weighted by Gasteiger charge is 2.74. The number of hydrogen-bond donors (Lipinski definition) is 0. The van der Waals surface area contributed by atoms with E-state index in [0.717, 1.165) is 0 Å². The SMILES string of the molecule is FC(F)(F)C(F)(F)C(F)(F)F.I. The normalized spacial score (nSPS) is 14.0. The van der Waals surface area contributed by atoms with Crippen LogP contribution in [0, 0.1) is 0 Å². The van der Waals surface area contributed by atoms with Crippen LogP contribution in [-0.2, 0) is 0 Å². The molecule has 0 amide bonds. The van der Waals surface area contributed by atoms with E-state index in [4.69, 9.17) is 0 Å². The van der Waals surface area contributed by atoms with Crippen molar-refractivity contribution in [2.24, 2.45) is 0 Å². The molecule has 76 valence electrons. The van der Waals surface area contributed by atoms with E-state index < -0.39 is 18.3 Å². The second kappa shape index (κ2) is 3.50. The highest BCUT2D eigenvalue weighted by molar-refractivity contribution is 14.0. The zero-order chi connectivity index (χ0) is 9.50. The fourth-order valence-corrected chi connectivity index (χ4v) is 0.161. The van der Waals surface area contributed by atoms with Crippen LogP contribution in [0.1, 0.15) is 0 Å². The van der Waals surface area contributed by atoms with Gasteiger partial charge >= 0.3 is 18.3 Å². The summed E-state index contributed by atoms with van der Waals surface area (Å²) in [4.78, 5) is 0. The Balaban J connectivity index is 0. The Morgan fingerprint density at radius 3 is 0.667 bits per heavy atom. The molecular formula is C3HF8I. The van der Waals surface area contributed by atoms with Gasteiger partial charge in [0.25, 0.3) is 0 Å². The number of alkyl halides is 8. The van der Waals surface area contributed by atoms with Crippen molar-refractivity contribution in [3.63, 3.8) is 0 Å². The molecule has 0 aromatic carbocycles. The van der Waals surface area contributed by atoms with Gasteiger partial charge in [-0.2, -0.15) is 35.1 Å². The van der Waals surface area contributed by atoms with Crippen molar-refractivity contribution in [3.8, 4) is 0 Å². The maximum Gasteiger partial charge on any atom is 0.463 e. The molecule has 0 saturated carbocycles. The third-order valence-corrected chi connectivity index (χ3v) is 0.712. The van der Waals surface area contributed by atoms with E-state index in [-0.39, 0.29) is 24.0 Å². The van der Waals surface area contributed by atoms with E-state index in [2.05, 4.69) is 0 Å². The first-order chi connectivity index (χ1) is 4.50. The summed E-state index contributed by atoms with van der Waals surface area (Å²) in [5.74, 6) is -6.62. The zero-order valence-electron chi connectivity index (χ0n) is 4.93. The minimum atomic E-state index is -6.62. The summed E-state index contributed by atoms with van der Waals surface area (Å²) in [6.07, 6.45) is -13.2. The average molecular weight is 316 g/mol. The predicted octanol–water partition coefficient (Wildman–Crippen LogP) is 3.36. The molecule has 0 aromatic heterocycles. The molecular weight excluding hydrogens is 315 g/mol. The molecule has 12 heavy (non-hydrogen) atoms. The van der Waals surface area contributed by atoms with Gasteiger partial charge in [0.15, 0.2) is 0 Å². The molecule has 0 aliphatic heterocycles. The molecule has 0 aromatic rings. The lowest BCUT2D eigenvalue weighted by atomic mass is 10.3. The van der Waals surface area contributed by atoms with Gasteiger partial charge in [-0.15, -0.1) is 24.0 Å². The van der Waals surface area contributed by atoms with Gasteiger partial charge in [-0.05, 0) is 0 Å². The molecule has 0 bridgehead atoms. The molecule has 0 aliphatic carbocycles. The van der Waals surface area contributed by atoms with Crippen molar-refractivity contribution in [2.45, 2.75) is 18.3 Å². The van der Waals surface area contributed by atoms with E-state index >= 15 is 0 Å². The summed E-state index contributed by atoms with van der Waals surface area (Å²) in [5, 5.41) is 0. The molecule has 0 atom stereocenters. The van der Waals surface area contributed by atoms with Crippen LogP contribution in [0.4, 0.5) is 35.1 Å². The van der Waals surface area contributed by atoms with Crippen LogP contribution in [0.25, 0.3) is 0 Å². The first-order valence-electron chi connectivity index (χ1n) is 2.01. The van der Waals surface area contributed by atoms with Crippen LogP contribution < -0.4 is 0 Å². The minimum absolute atomic E-state index is 0. The van der Waals surface area contributed by atoms with Gasteiger partial charge in [0.05, 0.1) is 0 Å². The zero-order valence-corrected chi connectivity index (χ0v) is 7.26. The summed E-state index contributed by atoms with van der Waals surface area (Å²) in [7, 11) is 0. The topological polar surface area (TPSA) is 0 Å². The van der Waals surface area contributed by atoms with Crippen LogP contribution in [-0.4, -0.2) is 18.3 Å². The van der Waals surface area contributed by atoms with E-state index in [1.807, 2.05) is 0 Å². The molecule has 0 N–H and O–H groups in total. The standard InChI is InChI=1S/C3F8.HI/c4-1(5,2(6,7)8)3(9,10)11;/h;1H. The highest BCUT2D eigenvalue weighted by Crippen LogP contribution is 2.46. The third-order valence-electron chi connectivity index (χ3n) is 0.712. The Labute approximate surface area is 77.9 Å². The molecule has 0 unspecified atom stereocenters. The van der Waals surface area contributed by atoms with Gasteiger partial charge in [0, 0.05) is 0 Å². The van der Waals surface area contributed by atoms with Crippen molar-refractivity contribution in [3.05, 3.63) is 0 Å². The lowest BCUT2D eigenvalue weighted by molar-refractivity contribution is -0.389. The largest absolute Gasteiger partial charge is 0.463 e. The van der Waals surface area contributed by atoms with Crippen LogP contribution in [0.3, 0.4) is 0 Å². The smallest absolute Gasteiger partial charge is 0.186 e. The highest BCUT2D eigenvalue weighted by atomic mass is 127. The van der Waals surface area contributed by atoms with E-state index in [1.54, 1.807) is 0 Å². The van der Waals surface area contributed by atoms with Crippen molar-refractivity contribution >= 4 is 24.0 Å². The number of hydrogen-bond acceptors (Lipinski definition) is 0. The summed E-state index contributed by atoms with van der Waals surface area (Å²) in [6.45, 7) is 0. The summed E-state index contributed by atoms with van der Waals surface area (Å²) in [6, 6.07) is 0. The fraction of sp³-hybridized carbons (Fsp3) is 1.00. The molecule has 0 rings (SSSR count). The van der Waals surface area contributed by atoms with Crippen molar-refractivity contribution in [1.29, 1.82) is 0 Å². The summed E-state index contributed by atoms with van der Waals surface area (Å²) in [5.41, 5.74) is 0. The number of halogens is 9. The Bertz CT molecular complexity index is 125. The Hall–Kier alpha value is 0.170. The molecule has 0 fully saturated rings. The Morgan fingerprint density at radius 2 is 0.667 bits per heavy atom. The van der Waals surface area contributed by atoms with Gasteiger partial charge in [0.1, 0.15) is 0 Å². The second-order valence-corrected chi connectivity index (χ2v) is 1.57. The van der Waals surface area contributed by atoms with Crippen LogP contribution in [0.2, 0.25) is 0 Å². The third kappa shape index (κ3) is 2.59. The van der Waals surface area contributed by atoms with Crippen molar-refractivity contribution < 1.29 is 35.1 Å². The van der Waals surface area contributed by atoms with E-state index in [1.165, 1.54) is 0 Å². The molecule has 0 aliphatic rings. The summed E-state index contributed by atoms with van der Waals surface area (Å²) >= 11 is 0. The molecule has 0 saturated heterocycles. The van der Waals surface area contributed by atoms with E-state index in [0.29, 0.717) is 0 Å². The maximum absolute atomic E-state index is 11.2. The molecule has 0 radical (unpaired) electrons. The van der Waals surface area contributed by atoms with Gasteiger partial charge in [-0.3, -0.25) is 0 Å². The molecule has 0 spiro atoms. The van der Waals surface area contributed by atoms with Crippen LogP contribution in [0.15, 0.2) is 0 Å². The first kappa shape index (κ1) is 14.7. The van der Waals surface area contributed by atoms with Crippen molar-refractivity contribution in [1.82, 2.24) is 0 Å². The summed E-state index contributed by atoms with van der Waals surface area (Å²) < 4.78 is 87.5. The van der Waals surface area contributed by atoms with Crippen LogP contribution in [0.5, 0.6) is 0 Å². The van der Waals surface area contributed by atoms with Crippen molar-refractivity contribution in [2.75, 3.05) is 0 Å². The second-order valence-electron chi connectivity index (χ2n) is 1.57. The minimum Gasteiger partial charge on any atom is -0.186 e.